The molecule has 0 aliphatic heterocycles. The highest BCUT2D eigenvalue weighted by atomic mass is 35.5. The lowest BCUT2D eigenvalue weighted by Crippen LogP contribution is -2.18. The van der Waals surface area contributed by atoms with Crippen molar-refractivity contribution in [1.82, 2.24) is 5.43 Å². The van der Waals surface area contributed by atoms with Crippen molar-refractivity contribution >= 4 is 23.7 Å². The number of hydrogen-bond donors (Lipinski definition) is 1. The number of ether oxygens (including phenoxy) is 2. The lowest BCUT2D eigenvalue weighted by atomic mass is 10.2. The number of benzene rings is 2. The van der Waals surface area contributed by atoms with Crippen molar-refractivity contribution in [1.29, 1.82) is 0 Å². The van der Waals surface area contributed by atoms with Crippen LogP contribution in [-0.4, -0.2) is 26.3 Å². The summed E-state index contributed by atoms with van der Waals surface area (Å²) in [4.78, 5) is 12.1. The molecule has 2 aromatic carbocycles. The van der Waals surface area contributed by atoms with Crippen molar-refractivity contribution in [2.24, 2.45) is 5.10 Å². The highest BCUT2D eigenvalue weighted by Gasteiger charge is 2.12. The summed E-state index contributed by atoms with van der Waals surface area (Å²) in [5, 5.41) is 4.37. The second-order valence-corrected chi connectivity index (χ2v) is 4.72. The number of carbonyl (C=O) groups excluding carboxylic acids is 1. The summed E-state index contributed by atoms with van der Waals surface area (Å²) >= 11 is 5.90. The van der Waals surface area contributed by atoms with Crippen LogP contribution in [0.5, 0.6) is 11.5 Å². The van der Waals surface area contributed by atoms with E-state index in [4.69, 9.17) is 21.1 Å². The predicted octanol–water partition coefficient (Wildman–Crippen LogP) is 3.12. The monoisotopic (exact) mass is 318 g/mol. The molecule has 1 N–H and O–H groups in total. The fourth-order valence-electron chi connectivity index (χ4n) is 1.85. The molecule has 0 aromatic heterocycles. The molecule has 2 rings (SSSR count). The van der Waals surface area contributed by atoms with Gasteiger partial charge in [-0.05, 0) is 30.3 Å². The van der Waals surface area contributed by atoms with Crippen molar-refractivity contribution in [2.75, 3.05) is 14.2 Å². The van der Waals surface area contributed by atoms with Gasteiger partial charge in [0.25, 0.3) is 5.91 Å². The number of carbonyl (C=O) groups is 1. The summed E-state index contributed by atoms with van der Waals surface area (Å²) < 4.78 is 10.3. The van der Waals surface area contributed by atoms with E-state index >= 15 is 0 Å². The Hall–Kier alpha value is -2.53. The summed E-state index contributed by atoms with van der Waals surface area (Å²) in [7, 11) is 3.06. The smallest absolute Gasteiger partial charge is 0.275 e. The van der Waals surface area contributed by atoms with E-state index < -0.39 is 5.91 Å². The second kappa shape index (κ2) is 7.47. The summed E-state index contributed by atoms with van der Waals surface area (Å²) in [6.45, 7) is 0. The molecule has 6 heteroatoms. The molecule has 1 amide bonds. The summed E-state index contributed by atoms with van der Waals surface area (Å²) in [6, 6.07) is 12.1. The zero-order chi connectivity index (χ0) is 15.9. The third-order valence-corrected chi connectivity index (χ3v) is 3.15. The second-order valence-electron chi connectivity index (χ2n) is 4.29. The predicted molar refractivity (Wildman–Crippen MR) is 86.1 cm³/mol. The maximum Gasteiger partial charge on any atom is 0.275 e. The molecule has 114 valence electrons. The van der Waals surface area contributed by atoms with E-state index in [-0.39, 0.29) is 0 Å². The van der Waals surface area contributed by atoms with Crippen molar-refractivity contribution in [3.8, 4) is 11.5 Å². The van der Waals surface area contributed by atoms with Crippen LogP contribution in [0.4, 0.5) is 0 Å². The highest BCUT2D eigenvalue weighted by molar-refractivity contribution is 6.31. The van der Waals surface area contributed by atoms with E-state index in [1.165, 1.54) is 19.4 Å². The van der Waals surface area contributed by atoms with Gasteiger partial charge < -0.3 is 9.47 Å². The van der Waals surface area contributed by atoms with E-state index in [0.717, 1.165) is 5.56 Å². The Morgan fingerprint density at radius 3 is 2.59 bits per heavy atom. The number of nitrogens with one attached hydrogen (secondary N) is 1. The SMILES string of the molecule is COc1ccccc1/C=N/NC(=O)c1cc(Cl)ccc1OC. The average Bonchev–Trinajstić information content (AvgIpc) is 2.55. The van der Waals surface area contributed by atoms with Gasteiger partial charge in [0.1, 0.15) is 11.5 Å². The molecule has 0 bridgehead atoms. The Kier molecular flexibility index (Phi) is 5.38. The lowest BCUT2D eigenvalue weighted by molar-refractivity contribution is 0.0952. The van der Waals surface area contributed by atoms with Gasteiger partial charge in [0, 0.05) is 10.6 Å². The van der Waals surface area contributed by atoms with Gasteiger partial charge in [0.15, 0.2) is 0 Å². The van der Waals surface area contributed by atoms with Crippen molar-refractivity contribution < 1.29 is 14.3 Å². The van der Waals surface area contributed by atoms with Gasteiger partial charge in [-0.2, -0.15) is 5.10 Å². The maximum absolute atomic E-state index is 12.1. The first kappa shape index (κ1) is 15.9. The van der Waals surface area contributed by atoms with Gasteiger partial charge in [0.05, 0.1) is 26.0 Å². The van der Waals surface area contributed by atoms with Crippen LogP contribution in [0.25, 0.3) is 0 Å². The van der Waals surface area contributed by atoms with Gasteiger partial charge in [-0.25, -0.2) is 5.43 Å². The van der Waals surface area contributed by atoms with Crippen LogP contribution >= 0.6 is 11.6 Å². The first-order valence-corrected chi connectivity index (χ1v) is 6.83. The van der Waals surface area contributed by atoms with Gasteiger partial charge in [-0.3, -0.25) is 4.79 Å². The minimum Gasteiger partial charge on any atom is -0.496 e. The van der Waals surface area contributed by atoms with E-state index in [9.17, 15) is 4.79 Å². The Bertz CT molecular complexity index is 702. The van der Waals surface area contributed by atoms with Crippen LogP contribution in [-0.2, 0) is 0 Å². The number of halogens is 1. The Morgan fingerprint density at radius 2 is 1.86 bits per heavy atom. The Morgan fingerprint density at radius 1 is 1.14 bits per heavy atom. The zero-order valence-corrected chi connectivity index (χ0v) is 12.9. The first-order valence-electron chi connectivity index (χ1n) is 6.45. The molecule has 0 saturated heterocycles. The van der Waals surface area contributed by atoms with E-state index in [1.807, 2.05) is 24.3 Å². The van der Waals surface area contributed by atoms with E-state index in [2.05, 4.69) is 10.5 Å². The number of hydrogen-bond acceptors (Lipinski definition) is 4. The molecule has 22 heavy (non-hydrogen) atoms. The summed E-state index contributed by atoms with van der Waals surface area (Å²) in [5.74, 6) is 0.681. The molecule has 2 aromatic rings. The Labute approximate surface area is 133 Å². The highest BCUT2D eigenvalue weighted by Crippen LogP contribution is 2.22. The minimum atomic E-state index is -0.412. The van der Waals surface area contributed by atoms with Gasteiger partial charge in [-0.15, -0.1) is 0 Å². The van der Waals surface area contributed by atoms with Crippen molar-refractivity contribution in [2.45, 2.75) is 0 Å². The molecule has 0 aliphatic carbocycles. The van der Waals surface area contributed by atoms with Crippen LogP contribution in [0.2, 0.25) is 5.02 Å². The van der Waals surface area contributed by atoms with Crippen LogP contribution in [0.1, 0.15) is 15.9 Å². The molecule has 0 saturated carbocycles. The first-order chi connectivity index (χ1) is 10.7. The third-order valence-electron chi connectivity index (χ3n) is 2.91. The molecule has 0 unspecified atom stereocenters. The molecular weight excluding hydrogens is 304 g/mol. The van der Waals surface area contributed by atoms with Crippen molar-refractivity contribution in [3.63, 3.8) is 0 Å². The maximum atomic E-state index is 12.1. The quantitative estimate of drug-likeness (QED) is 0.680. The normalized spacial score (nSPS) is 10.5. The molecule has 0 heterocycles. The molecule has 0 radical (unpaired) electrons. The van der Waals surface area contributed by atoms with Crippen LogP contribution in [0.15, 0.2) is 47.6 Å². The number of methoxy groups -OCH3 is 2. The number of nitrogens with zero attached hydrogens (tertiary/aromatic N) is 1. The van der Waals surface area contributed by atoms with Crippen molar-refractivity contribution in [3.05, 3.63) is 58.6 Å². The van der Waals surface area contributed by atoms with E-state index in [1.54, 1.807) is 19.2 Å². The number of amides is 1. The summed E-state index contributed by atoms with van der Waals surface area (Å²) in [5.41, 5.74) is 3.50. The fourth-order valence-corrected chi connectivity index (χ4v) is 2.02. The van der Waals surface area contributed by atoms with Gasteiger partial charge >= 0.3 is 0 Å². The van der Waals surface area contributed by atoms with Crippen LogP contribution in [0, 0.1) is 0 Å². The fraction of sp³-hybridized carbons (Fsp3) is 0.125. The molecule has 0 spiro atoms. The third kappa shape index (κ3) is 3.77. The number of rotatable bonds is 5. The van der Waals surface area contributed by atoms with Gasteiger partial charge in [0.2, 0.25) is 0 Å². The molecule has 0 fully saturated rings. The largest absolute Gasteiger partial charge is 0.496 e. The minimum absolute atomic E-state index is 0.312. The number of hydrazone groups is 1. The molecule has 5 nitrogen and oxygen atoms in total. The van der Waals surface area contributed by atoms with Crippen LogP contribution in [0.3, 0.4) is 0 Å². The molecule has 0 atom stereocenters. The molecular formula is C16H15ClN2O3. The summed E-state index contributed by atoms with van der Waals surface area (Å²) in [6.07, 6.45) is 1.51. The molecule has 0 aliphatic rings. The lowest BCUT2D eigenvalue weighted by Gasteiger charge is -2.07. The Balaban J connectivity index is 2.13. The van der Waals surface area contributed by atoms with Gasteiger partial charge in [-0.1, -0.05) is 23.7 Å². The zero-order valence-electron chi connectivity index (χ0n) is 12.2. The standard InChI is InChI=1S/C16H15ClN2O3/c1-21-14-6-4-3-5-11(14)10-18-19-16(20)13-9-12(17)7-8-15(13)22-2/h3-10H,1-2H3,(H,19,20)/b18-10+. The topological polar surface area (TPSA) is 59.9 Å². The average molecular weight is 319 g/mol. The van der Waals surface area contributed by atoms with E-state index in [0.29, 0.717) is 22.1 Å². The number of para-hydroxylation sites is 1. The van der Waals surface area contributed by atoms with Crippen LogP contribution < -0.4 is 14.9 Å².